The van der Waals surface area contributed by atoms with Crippen LogP contribution in [-0.2, 0) is 17.1 Å². The van der Waals surface area contributed by atoms with Crippen molar-refractivity contribution < 1.29 is 26.4 Å². The summed E-state index contributed by atoms with van der Waals surface area (Å²) in [6.07, 6.45) is 3.43. The molecule has 200 valence electrons. The van der Waals surface area contributed by atoms with Gasteiger partial charge in [0.25, 0.3) is 5.91 Å². The van der Waals surface area contributed by atoms with E-state index in [1.54, 1.807) is 7.05 Å². The molecular formula is C23H25Cl2F2N5O4S. The number of carbonyl (C=O) groups is 1. The second-order valence-corrected chi connectivity index (χ2v) is 11.5. The zero-order valence-electron chi connectivity index (χ0n) is 19.9. The number of sulfonamides is 1. The minimum atomic E-state index is -3.34. The van der Waals surface area contributed by atoms with Gasteiger partial charge < -0.3 is 15.1 Å². The Morgan fingerprint density at radius 2 is 2.03 bits per heavy atom. The smallest absolute Gasteiger partial charge is 0.287 e. The Hall–Kier alpha value is -2.51. The fourth-order valence-corrected chi connectivity index (χ4v) is 5.47. The monoisotopic (exact) mass is 575 g/mol. The molecule has 0 aliphatic carbocycles. The Morgan fingerprint density at radius 3 is 2.68 bits per heavy atom. The summed E-state index contributed by atoms with van der Waals surface area (Å²) in [4.78, 5) is 13.1. The van der Waals surface area contributed by atoms with Gasteiger partial charge in [0.15, 0.2) is 17.4 Å². The van der Waals surface area contributed by atoms with E-state index in [1.165, 1.54) is 23.0 Å². The first kappa shape index (κ1) is 27.5. The molecule has 1 aromatic carbocycles. The van der Waals surface area contributed by atoms with Crippen molar-refractivity contribution in [2.45, 2.75) is 30.8 Å². The maximum Gasteiger partial charge on any atom is 0.287 e. The Bertz CT molecular complexity index is 1390. The summed E-state index contributed by atoms with van der Waals surface area (Å²) in [5.41, 5.74) is 1.39. The van der Waals surface area contributed by atoms with Crippen LogP contribution in [0.2, 0.25) is 10.2 Å². The molecule has 4 rings (SSSR count). The van der Waals surface area contributed by atoms with E-state index in [1.807, 2.05) is 0 Å². The number of carbonyl (C=O) groups excluding carboxylic acids is 1. The number of nitrogens with one attached hydrogen (secondary N) is 3. The van der Waals surface area contributed by atoms with Crippen LogP contribution >= 0.6 is 23.2 Å². The molecule has 1 saturated heterocycles. The molecule has 14 heteroatoms. The second-order valence-electron chi connectivity index (χ2n) is 8.92. The van der Waals surface area contributed by atoms with Gasteiger partial charge in [-0.1, -0.05) is 17.7 Å². The lowest BCUT2D eigenvalue weighted by Gasteiger charge is -2.38. The molecular weight excluding hydrogens is 551 g/mol. The van der Waals surface area contributed by atoms with E-state index in [0.717, 1.165) is 18.4 Å². The van der Waals surface area contributed by atoms with E-state index in [9.17, 15) is 22.0 Å². The number of furan rings is 1. The molecule has 0 radical (unpaired) electrons. The lowest BCUT2D eigenvalue weighted by molar-refractivity contribution is 0.0890. The van der Waals surface area contributed by atoms with Gasteiger partial charge in [-0.2, -0.15) is 5.10 Å². The largest absolute Gasteiger partial charge is 0.439 e. The van der Waals surface area contributed by atoms with E-state index < -0.39 is 33.6 Å². The van der Waals surface area contributed by atoms with Crippen LogP contribution in [0.4, 0.5) is 8.78 Å². The third kappa shape index (κ3) is 6.50. The van der Waals surface area contributed by atoms with Gasteiger partial charge in [-0.25, -0.2) is 21.9 Å². The Morgan fingerprint density at radius 1 is 1.27 bits per heavy atom. The quantitative estimate of drug-likeness (QED) is 0.378. The predicted molar refractivity (Wildman–Crippen MR) is 135 cm³/mol. The summed E-state index contributed by atoms with van der Waals surface area (Å²) in [5, 5.41) is 10.5. The van der Waals surface area contributed by atoms with Gasteiger partial charge >= 0.3 is 0 Å². The van der Waals surface area contributed by atoms with Crippen LogP contribution in [-0.4, -0.2) is 55.5 Å². The molecule has 3 N–H and O–H groups in total. The molecule has 2 aromatic heterocycles. The highest BCUT2D eigenvalue weighted by molar-refractivity contribution is 7.88. The number of benzene rings is 1. The molecule has 1 fully saturated rings. The molecule has 3 heterocycles. The molecule has 1 aliphatic heterocycles. The van der Waals surface area contributed by atoms with Crippen molar-refractivity contribution in [3.63, 3.8) is 0 Å². The SMILES string of the molecule is Cn1ncc(Cl)c1-c1cc(C(=O)N[C@@H]2CN[C@H](CCNS(C)(=O)=O)C[C@H]2c2ccc(F)c(F)c2)oc1Cl. The maximum atomic E-state index is 14.1. The number of aromatic nitrogens is 2. The predicted octanol–water partition coefficient (Wildman–Crippen LogP) is 3.45. The Labute approximate surface area is 222 Å². The molecule has 0 bridgehead atoms. The first-order valence-corrected chi connectivity index (χ1v) is 14.0. The number of aryl methyl sites for hydroxylation is 1. The lowest BCUT2D eigenvalue weighted by Crippen LogP contribution is -2.54. The minimum absolute atomic E-state index is 0.0342. The van der Waals surface area contributed by atoms with Crippen LogP contribution in [0.3, 0.4) is 0 Å². The third-order valence-corrected chi connectivity index (χ3v) is 7.54. The molecule has 0 saturated carbocycles. The second kappa shape index (κ2) is 11.1. The van der Waals surface area contributed by atoms with Crippen LogP contribution in [0.1, 0.15) is 34.9 Å². The highest BCUT2D eigenvalue weighted by Crippen LogP contribution is 2.36. The van der Waals surface area contributed by atoms with E-state index in [-0.39, 0.29) is 29.5 Å². The molecule has 9 nitrogen and oxygen atoms in total. The zero-order valence-corrected chi connectivity index (χ0v) is 22.2. The van der Waals surface area contributed by atoms with Gasteiger partial charge in [-0.05, 0) is 42.1 Å². The van der Waals surface area contributed by atoms with Gasteiger partial charge in [0.1, 0.15) is 0 Å². The highest BCUT2D eigenvalue weighted by atomic mass is 35.5. The van der Waals surface area contributed by atoms with Crippen molar-refractivity contribution in [1.82, 2.24) is 25.1 Å². The number of piperidine rings is 1. The number of rotatable bonds is 8. The van der Waals surface area contributed by atoms with Crippen LogP contribution in [0, 0.1) is 11.6 Å². The van der Waals surface area contributed by atoms with E-state index >= 15 is 0 Å². The summed E-state index contributed by atoms with van der Waals surface area (Å²) >= 11 is 12.4. The van der Waals surface area contributed by atoms with Crippen molar-refractivity contribution in [2.24, 2.45) is 7.05 Å². The number of amides is 1. The van der Waals surface area contributed by atoms with Gasteiger partial charge in [0, 0.05) is 44.2 Å². The molecule has 1 aliphatic rings. The van der Waals surface area contributed by atoms with Crippen molar-refractivity contribution in [1.29, 1.82) is 0 Å². The molecule has 37 heavy (non-hydrogen) atoms. The topological polar surface area (TPSA) is 118 Å². The summed E-state index contributed by atoms with van der Waals surface area (Å²) in [7, 11) is -1.67. The molecule has 0 unspecified atom stereocenters. The number of halogens is 4. The van der Waals surface area contributed by atoms with Gasteiger partial charge in [-0.3, -0.25) is 9.48 Å². The van der Waals surface area contributed by atoms with Gasteiger partial charge in [0.2, 0.25) is 15.2 Å². The molecule has 0 spiro atoms. The third-order valence-electron chi connectivity index (χ3n) is 6.26. The van der Waals surface area contributed by atoms with Crippen LogP contribution in [0.15, 0.2) is 34.9 Å². The van der Waals surface area contributed by atoms with Crippen molar-refractivity contribution >= 4 is 39.1 Å². The van der Waals surface area contributed by atoms with Crippen molar-refractivity contribution in [3.8, 4) is 11.3 Å². The van der Waals surface area contributed by atoms with Crippen LogP contribution < -0.4 is 15.4 Å². The zero-order chi connectivity index (χ0) is 26.9. The summed E-state index contributed by atoms with van der Waals surface area (Å²) in [6.45, 7) is 0.510. The molecule has 3 aromatic rings. The summed E-state index contributed by atoms with van der Waals surface area (Å²) in [5.74, 6) is -2.96. The molecule has 1 amide bonds. The van der Waals surface area contributed by atoms with Crippen molar-refractivity contribution in [2.75, 3.05) is 19.3 Å². The van der Waals surface area contributed by atoms with Gasteiger partial charge in [0.05, 0.1) is 28.7 Å². The lowest BCUT2D eigenvalue weighted by atomic mass is 9.81. The number of hydrogen-bond acceptors (Lipinski definition) is 6. The fraction of sp³-hybridized carbons (Fsp3) is 0.391. The molecule has 3 atom stereocenters. The summed E-state index contributed by atoms with van der Waals surface area (Å²) < 4.78 is 59.9. The standard InChI is InChI=1S/C23H25Cl2F2N5O4S/c1-32-21(16(24)10-29-32)15-9-20(36-22(15)25)23(33)31-19-11-28-13(5-6-30-37(2,34)35)8-14(19)12-3-4-17(26)18(27)7-12/h3-4,7,9-10,13-14,19,28,30H,5-6,8,11H2,1-2H3,(H,31,33)/t13-,14+,19-/m1/s1. The van der Waals surface area contributed by atoms with Crippen LogP contribution in [0.25, 0.3) is 11.3 Å². The maximum absolute atomic E-state index is 14.1. The van der Waals surface area contributed by atoms with E-state index in [2.05, 4.69) is 20.5 Å². The van der Waals surface area contributed by atoms with Crippen LogP contribution in [0.5, 0.6) is 0 Å². The summed E-state index contributed by atoms with van der Waals surface area (Å²) in [6, 6.07) is 4.46. The number of nitrogens with zero attached hydrogens (tertiary/aromatic N) is 2. The first-order valence-electron chi connectivity index (χ1n) is 11.3. The van der Waals surface area contributed by atoms with Crippen molar-refractivity contribution in [3.05, 3.63) is 63.7 Å². The Kier molecular flexibility index (Phi) is 8.24. The Balaban J connectivity index is 1.54. The average Bonchev–Trinajstić information content (AvgIpc) is 3.36. The fourth-order valence-electron chi connectivity index (χ4n) is 4.49. The first-order chi connectivity index (χ1) is 17.4. The van der Waals surface area contributed by atoms with E-state index in [4.69, 9.17) is 27.6 Å². The number of hydrogen-bond donors (Lipinski definition) is 3. The average molecular weight is 576 g/mol. The van der Waals surface area contributed by atoms with E-state index in [0.29, 0.717) is 41.2 Å². The minimum Gasteiger partial charge on any atom is -0.439 e. The normalized spacial score (nSPS) is 20.2. The van der Waals surface area contributed by atoms with Gasteiger partial charge in [-0.15, -0.1) is 0 Å². The highest BCUT2D eigenvalue weighted by Gasteiger charge is 2.34.